The molecule has 4 atom stereocenters. The average molecular weight is 462 g/mol. The minimum atomic E-state index is -1.32. The first-order chi connectivity index (χ1) is 14.8. The predicted octanol–water partition coefficient (Wildman–Crippen LogP) is -0.604. The minimum absolute atomic E-state index is 0.185. The molecular weight excluding hydrogens is 432 g/mol. The van der Waals surface area contributed by atoms with Gasteiger partial charge in [0.15, 0.2) is 23.8 Å². The van der Waals surface area contributed by atoms with E-state index in [0.717, 1.165) is 0 Å². The van der Waals surface area contributed by atoms with E-state index < -0.39 is 72.7 Å². The number of ketones is 2. The molecule has 32 heavy (non-hydrogen) atoms. The largest absolute Gasteiger partial charge is 0.463 e. The zero-order valence-corrected chi connectivity index (χ0v) is 18.5. The van der Waals surface area contributed by atoms with Gasteiger partial charge in [-0.05, 0) is 27.7 Å². The van der Waals surface area contributed by atoms with Gasteiger partial charge in [0, 0.05) is 12.8 Å². The van der Waals surface area contributed by atoms with Crippen LogP contribution < -0.4 is 0 Å². The van der Waals surface area contributed by atoms with Crippen LogP contribution in [0.4, 0.5) is 0 Å². The maximum Gasteiger partial charge on any atom is 0.347 e. The van der Waals surface area contributed by atoms with Crippen LogP contribution in [0, 0.1) is 0 Å². The number of rotatable bonds is 15. The molecule has 182 valence electrons. The number of Topliss-reactive ketones (excluding diaryl/α,β-unsaturated/α-hetero) is 2. The number of ether oxygens (including phenoxy) is 4. The maximum atomic E-state index is 11.8. The summed E-state index contributed by atoms with van der Waals surface area (Å²) >= 11 is 0. The summed E-state index contributed by atoms with van der Waals surface area (Å²) in [5.74, 6) is -4.53. The second kappa shape index (κ2) is 15.0. The second-order valence-electron chi connectivity index (χ2n) is 6.88. The highest BCUT2D eigenvalue weighted by molar-refractivity contribution is 5.86. The molecule has 0 saturated carbocycles. The summed E-state index contributed by atoms with van der Waals surface area (Å²) in [4.78, 5) is 69.4. The molecule has 0 radical (unpaired) electrons. The third kappa shape index (κ3) is 12.7. The Morgan fingerprint density at radius 2 is 1.03 bits per heavy atom. The number of carbonyl (C=O) groups excluding carboxylic acids is 6. The molecule has 0 saturated heterocycles. The molecule has 0 aliphatic rings. The van der Waals surface area contributed by atoms with Gasteiger partial charge in [0.1, 0.15) is 12.2 Å². The van der Waals surface area contributed by atoms with Gasteiger partial charge in [-0.1, -0.05) is 0 Å². The van der Waals surface area contributed by atoms with E-state index in [1.807, 2.05) is 0 Å². The van der Waals surface area contributed by atoms with E-state index in [4.69, 9.17) is 24.4 Å². The fourth-order valence-electron chi connectivity index (χ4n) is 1.98. The Morgan fingerprint density at radius 1 is 0.594 bits per heavy atom. The van der Waals surface area contributed by atoms with Crippen LogP contribution in [0.25, 0.3) is 0 Å². The Morgan fingerprint density at radius 3 is 1.50 bits per heavy atom. The topological polar surface area (TPSA) is 180 Å². The van der Waals surface area contributed by atoms with Gasteiger partial charge in [-0.2, -0.15) is 0 Å². The van der Waals surface area contributed by atoms with E-state index in [-0.39, 0.29) is 26.1 Å². The van der Waals surface area contributed by atoms with Gasteiger partial charge in [-0.25, -0.2) is 9.59 Å². The maximum absolute atomic E-state index is 11.8. The summed E-state index contributed by atoms with van der Waals surface area (Å²) in [7, 11) is 0. The molecular formula is C20H30O12. The number of hydrogen-bond donors (Lipinski definition) is 2. The molecule has 0 aliphatic heterocycles. The van der Waals surface area contributed by atoms with Crippen molar-refractivity contribution in [2.45, 2.75) is 77.8 Å². The molecule has 12 heteroatoms. The van der Waals surface area contributed by atoms with E-state index in [9.17, 15) is 28.8 Å². The Balaban J connectivity index is 4.16. The lowest BCUT2D eigenvalue weighted by atomic mass is 10.2. The Kier molecular flexibility index (Phi) is 13.7. The van der Waals surface area contributed by atoms with Crippen molar-refractivity contribution in [2.75, 3.05) is 13.2 Å². The van der Waals surface area contributed by atoms with Crippen LogP contribution in [0.5, 0.6) is 0 Å². The van der Waals surface area contributed by atoms with Gasteiger partial charge < -0.3 is 29.2 Å². The quantitative estimate of drug-likeness (QED) is 0.233. The van der Waals surface area contributed by atoms with Crippen molar-refractivity contribution in [1.29, 1.82) is 0 Å². The Labute approximate surface area is 185 Å². The Hall–Kier alpha value is -2.86. The van der Waals surface area contributed by atoms with Crippen LogP contribution in [0.2, 0.25) is 0 Å². The molecule has 0 aromatic carbocycles. The summed E-state index contributed by atoms with van der Waals surface area (Å²) in [5, 5.41) is 18.0. The molecule has 0 heterocycles. The number of esters is 4. The first-order valence-electron chi connectivity index (χ1n) is 9.98. The van der Waals surface area contributed by atoms with Crippen molar-refractivity contribution in [3.05, 3.63) is 0 Å². The minimum Gasteiger partial charge on any atom is -0.463 e. The van der Waals surface area contributed by atoms with Gasteiger partial charge >= 0.3 is 23.9 Å². The molecule has 0 spiro atoms. The molecule has 4 unspecified atom stereocenters. The average Bonchev–Trinajstić information content (AvgIpc) is 2.71. The number of aliphatic hydroxyl groups is 2. The SMILES string of the molecule is CC(O)C(=O)CCOC(=O)C(C)OC(=O)CCC(=O)OC(C)C(=O)CCOC(=O)C(C)O. The highest BCUT2D eigenvalue weighted by Gasteiger charge is 2.22. The molecule has 0 rings (SSSR count). The third-order valence-electron chi connectivity index (χ3n) is 3.93. The lowest BCUT2D eigenvalue weighted by Crippen LogP contribution is -2.29. The molecule has 0 aliphatic carbocycles. The van der Waals surface area contributed by atoms with Gasteiger partial charge in [0.05, 0.1) is 26.1 Å². The number of carbonyl (C=O) groups is 6. The predicted molar refractivity (Wildman–Crippen MR) is 105 cm³/mol. The molecule has 0 bridgehead atoms. The molecule has 0 aromatic heterocycles. The first-order valence-corrected chi connectivity index (χ1v) is 9.98. The van der Waals surface area contributed by atoms with E-state index in [1.165, 1.54) is 27.7 Å². The van der Waals surface area contributed by atoms with Crippen molar-refractivity contribution in [1.82, 2.24) is 0 Å². The van der Waals surface area contributed by atoms with Crippen LogP contribution >= 0.6 is 0 Å². The van der Waals surface area contributed by atoms with Crippen molar-refractivity contribution < 1.29 is 57.9 Å². The van der Waals surface area contributed by atoms with Gasteiger partial charge in [0.25, 0.3) is 0 Å². The summed E-state index contributed by atoms with van der Waals surface area (Å²) in [5.41, 5.74) is 0. The van der Waals surface area contributed by atoms with Crippen molar-refractivity contribution >= 4 is 35.4 Å². The van der Waals surface area contributed by atoms with Crippen LogP contribution in [0.1, 0.15) is 53.4 Å². The summed E-state index contributed by atoms with van der Waals surface area (Å²) in [6.45, 7) is 4.51. The lowest BCUT2D eigenvalue weighted by Gasteiger charge is -2.14. The fourth-order valence-corrected chi connectivity index (χ4v) is 1.98. The van der Waals surface area contributed by atoms with Gasteiger partial charge in [-0.3, -0.25) is 19.2 Å². The third-order valence-corrected chi connectivity index (χ3v) is 3.93. The first kappa shape index (κ1) is 29.1. The van der Waals surface area contributed by atoms with Crippen LogP contribution in [-0.4, -0.2) is 83.3 Å². The lowest BCUT2D eigenvalue weighted by molar-refractivity contribution is -0.168. The van der Waals surface area contributed by atoms with E-state index in [1.54, 1.807) is 0 Å². The standard InChI is InChI=1S/C20H30O12/c1-11(21)15(23)7-9-30-20(28)14(4)32-18(26)6-5-17(25)31-13(3)16(24)8-10-29-19(27)12(2)22/h11-14,21-22H,5-10H2,1-4H3. The Bertz CT molecular complexity index is 624. The molecule has 12 nitrogen and oxygen atoms in total. The van der Waals surface area contributed by atoms with E-state index >= 15 is 0 Å². The highest BCUT2D eigenvalue weighted by atomic mass is 16.6. The van der Waals surface area contributed by atoms with Crippen LogP contribution in [0.15, 0.2) is 0 Å². The summed E-state index contributed by atoms with van der Waals surface area (Å²) < 4.78 is 19.1. The van der Waals surface area contributed by atoms with Crippen molar-refractivity contribution in [3.8, 4) is 0 Å². The molecule has 2 N–H and O–H groups in total. The smallest absolute Gasteiger partial charge is 0.347 e. The zero-order valence-electron chi connectivity index (χ0n) is 18.5. The van der Waals surface area contributed by atoms with Crippen LogP contribution in [-0.2, 0) is 47.7 Å². The summed E-state index contributed by atoms with van der Waals surface area (Å²) in [6, 6.07) is 0. The zero-order chi connectivity index (χ0) is 24.8. The van der Waals surface area contributed by atoms with Gasteiger partial charge in [-0.15, -0.1) is 0 Å². The normalized spacial score (nSPS) is 14.3. The van der Waals surface area contributed by atoms with E-state index in [0.29, 0.717) is 0 Å². The van der Waals surface area contributed by atoms with E-state index in [2.05, 4.69) is 4.74 Å². The number of aliphatic hydroxyl groups excluding tert-OH is 2. The summed E-state index contributed by atoms with van der Waals surface area (Å²) in [6.07, 6.45) is -6.12. The second-order valence-corrected chi connectivity index (χ2v) is 6.88. The van der Waals surface area contributed by atoms with Crippen molar-refractivity contribution in [2.24, 2.45) is 0 Å². The van der Waals surface area contributed by atoms with Crippen molar-refractivity contribution in [3.63, 3.8) is 0 Å². The molecule has 0 fully saturated rings. The number of hydrogen-bond acceptors (Lipinski definition) is 12. The molecule has 0 aromatic rings. The highest BCUT2D eigenvalue weighted by Crippen LogP contribution is 2.05. The fraction of sp³-hybridized carbons (Fsp3) is 0.700. The monoisotopic (exact) mass is 462 g/mol. The van der Waals surface area contributed by atoms with Crippen LogP contribution in [0.3, 0.4) is 0 Å². The molecule has 0 amide bonds. The van der Waals surface area contributed by atoms with Gasteiger partial charge in [0.2, 0.25) is 0 Å².